The lowest BCUT2D eigenvalue weighted by molar-refractivity contribution is -0.134. The van der Waals surface area contributed by atoms with Crippen LogP contribution >= 0.6 is 0 Å². The van der Waals surface area contributed by atoms with Crippen LogP contribution in [0.3, 0.4) is 0 Å². The average molecular weight is 284 g/mol. The van der Waals surface area contributed by atoms with E-state index in [0.717, 1.165) is 11.1 Å². The largest absolute Gasteiger partial charge is 0.478 e. The van der Waals surface area contributed by atoms with Crippen LogP contribution < -0.4 is 0 Å². The average Bonchev–Trinajstić information content (AvgIpc) is 2.20. The number of carbonyl (C=O) groups is 2. The first kappa shape index (κ1) is 16.6. The number of rotatable bonds is 6. The molecule has 0 spiro atoms. The van der Waals surface area contributed by atoms with Gasteiger partial charge in [0.25, 0.3) is 0 Å². The van der Waals surface area contributed by atoms with Crippen LogP contribution in [0.25, 0.3) is 0 Å². The maximum Gasteiger partial charge on any atom is 0.327 e. The lowest BCUT2D eigenvalue weighted by Crippen LogP contribution is -2.19. The predicted molar refractivity (Wildman–Crippen MR) is 78.2 cm³/mol. The number of allylic oxidation sites excluding steroid dienone is 2. The summed E-state index contributed by atoms with van der Waals surface area (Å²) in [5, 5.41) is 18.6. The van der Waals surface area contributed by atoms with Crippen LogP contribution in [0.2, 0.25) is 0 Å². The zero-order chi connectivity index (χ0) is 14.3. The van der Waals surface area contributed by atoms with E-state index in [0.29, 0.717) is 0 Å². The van der Waals surface area contributed by atoms with E-state index in [2.05, 4.69) is 0 Å². The van der Waals surface area contributed by atoms with E-state index < -0.39 is 31.0 Å². The van der Waals surface area contributed by atoms with E-state index in [-0.39, 0.29) is 10.4 Å². The SMILES string of the molecule is CC(C)=C[SiH2]/C(C(=O)O)=C(\[SiH2]C=C(C)C)C(=O)O. The molecule has 18 heavy (non-hydrogen) atoms. The van der Waals surface area contributed by atoms with Crippen molar-refractivity contribution in [3.63, 3.8) is 0 Å². The minimum atomic E-state index is -1.16. The van der Waals surface area contributed by atoms with Gasteiger partial charge in [0.05, 0.1) is 19.0 Å². The van der Waals surface area contributed by atoms with Crippen molar-refractivity contribution in [1.82, 2.24) is 0 Å². The second-order valence-electron chi connectivity index (χ2n) is 4.54. The normalized spacial score (nSPS) is 12.7. The topological polar surface area (TPSA) is 74.6 Å². The van der Waals surface area contributed by atoms with Gasteiger partial charge in [0.1, 0.15) is 0 Å². The summed E-state index contributed by atoms with van der Waals surface area (Å²) < 4.78 is 0. The molecule has 0 fully saturated rings. The fourth-order valence-corrected chi connectivity index (χ4v) is 4.53. The smallest absolute Gasteiger partial charge is 0.327 e. The van der Waals surface area contributed by atoms with Crippen molar-refractivity contribution < 1.29 is 19.8 Å². The van der Waals surface area contributed by atoms with Crippen LogP contribution in [0.1, 0.15) is 27.7 Å². The van der Waals surface area contributed by atoms with Gasteiger partial charge in [-0.05, 0) is 27.7 Å². The first-order valence-corrected chi connectivity index (χ1v) is 8.75. The summed E-state index contributed by atoms with van der Waals surface area (Å²) >= 11 is 0. The monoisotopic (exact) mass is 284 g/mol. The summed E-state index contributed by atoms with van der Waals surface area (Å²) in [5.74, 6) is -2.16. The summed E-state index contributed by atoms with van der Waals surface area (Å²) in [7, 11) is -2.32. The zero-order valence-corrected chi connectivity index (χ0v) is 14.1. The van der Waals surface area contributed by atoms with Gasteiger partial charge in [-0.25, -0.2) is 9.59 Å². The molecule has 0 aliphatic carbocycles. The Kier molecular flexibility index (Phi) is 7.22. The molecule has 0 aromatic heterocycles. The summed E-state index contributed by atoms with van der Waals surface area (Å²) in [4.78, 5) is 22.4. The Hall–Kier alpha value is -1.41. The molecule has 0 bridgehead atoms. The standard InChI is InChI=1S/C12H20O4Si2/c1-7(2)5-17-9(11(13)14)10(12(15)16)18-6-8(3)4/h5-6H,17-18H2,1-4H3,(H,13,14)(H,15,16)/b10-9-. The summed E-state index contributed by atoms with van der Waals surface area (Å²) in [6.45, 7) is 7.56. The maximum atomic E-state index is 11.2. The molecule has 100 valence electrons. The van der Waals surface area contributed by atoms with Crippen LogP contribution in [-0.2, 0) is 9.59 Å². The molecule has 4 nitrogen and oxygen atoms in total. The predicted octanol–water partition coefficient (Wildman–Crippen LogP) is 0.552. The Bertz CT molecular complexity index is 385. The van der Waals surface area contributed by atoms with Gasteiger partial charge in [-0.1, -0.05) is 22.5 Å². The van der Waals surface area contributed by atoms with Crippen LogP contribution in [0.4, 0.5) is 0 Å². The van der Waals surface area contributed by atoms with E-state index in [1.54, 1.807) is 0 Å². The van der Waals surface area contributed by atoms with Crippen molar-refractivity contribution >= 4 is 31.0 Å². The molecule has 6 heteroatoms. The molecule has 0 aliphatic heterocycles. The third-order valence-corrected chi connectivity index (χ3v) is 7.13. The van der Waals surface area contributed by atoms with Crippen molar-refractivity contribution in [2.45, 2.75) is 27.7 Å². The van der Waals surface area contributed by atoms with Crippen LogP contribution in [0, 0.1) is 0 Å². The molecule has 0 aromatic carbocycles. The van der Waals surface area contributed by atoms with Gasteiger partial charge in [-0.15, -0.1) is 0 Å². The van der Waals surface area contributed by atoms with Gasteiger partial charge in [-0.2, -0.15) is 0 Å². The van der Waals surface area contributed by atoms with Crippen molar-refractivity contribution in [1.29, 1.82) is 0 Å². The molecule has 0 rings (SSSR count). The third-order valence-electron chi connectivity index (χ3n) is 2.31. The fraction of sp³-hybridized carbons (Fsp3) is 0.333. The second kappa shape index (κ2) is 7.83. The molecule has 0 unspecified atom stereocenters. The number of aliphatic carboxylic acids is 2. The highest BCUT2D eigenvalue weighted by Crippen LogP contribution is 2.06. The molecular weight excluding hydrogens is 264 g/mol. The van der Waals surface area contributed by atoms with Gasteiger partial charge in [0.15, 0.2) is 0 Å². The van der Waals surface area contributed by atoms with Crippen molar-refractivity contribution in [2.24, 2.45) is 0 Å². The lowest BCUT2D eigenvalue weighted by atomic mass is 10.4. The molecule has 0 saturated carbocycles. The molecule has 0 aliphatic rings. The van der Waals surface area contributed by atoms with Crippen LogP contribution in [-0.4, -0.2) is 41.2 Å². The highest BCUT2D eigenvalue weighted by Gasteiger charge is 2.18. The highest BCUT2D eigenvalue weighted by atomic mass is 28.2. The quantitative estimate of drug-likeness (QED) is 0.552. The third kappa shape index (κ3) is 6.36. The van der Waals surface area contributed by atoms with Crippen molar-refractivity contribution in [2.75, 3.05) is 0 Å². The zero-order valence-electron chi connectivity index (χ0n) is 11.3. The van der Waals surface area contributed by atoms with E-state index >= 15 is 0 Å². The summed E-state index contributed by atoms with van der Waals surface area (Å²) in [6.07, 6.45) is 0. The van der Waals surface area contributed by atoms with E-state index in [4.69, 9.17) is 10.2 Å². The molecular formula is C12H20O4Si2. The maximum absolute atomic E-state index is 11.2. The molecule has 0 atom stereocenters. The van der Waals surface area contributed by atoms with Gasteiger partial charge < -0.3 is 10.2 Å². The lowest BCUT2D eigenvalue weighted by Gasteiger charge is -2.05. The van der Waals surface area contributed by atoms with E-state index in [9.17, 15) is 9.59 Å². The first-order chi connectivity index (χ1) is 8.25. The molecule has 0 radical (unpaired) electrons. The Morgan fingerprint density at radius 3 is 1.22 bits per heavy atom. The second-order valence-corrected chi connectivity index (χ2v) is 7.59. The highest BCUT2D eigenvalue weighted by molar-refractivity contribution is 6.67. The Morgan fingerprint density at radius 2 is 1.06 bits per heavy atom. The molecule has 0 aromatic rings. The van der Waals surface area contributed by atoms with E-state index in [1.165, 1.54) is 0 Å². The van der Waals surface area contributed by atoms with Gasteiger partial charge >= 0.3 is 11.9 Å². The van der Waals surface area contributed by atoms with Crippen LogP contribution in [0.15, 0.2) is 32.9 Å². The Balaban J connectivity index is 5.43. The minimum Gasteiger partial charge on any atom is -0.478 e. The van der Waals surface area contributed by atoms with Gasteiger partial charge in [0.2, 0.25) is 0 Å². The number of hydrogen-bond acceptors (Lipinski definition) is 2. The molecule has 0 heterocycles. The Labute approximate surface area is 112 Å². The summed E-state index contributed by atoms with van der Waals surface area (Å²) in [6, 6.07) is 0. The first-order valence-electron chi connectivity index (χ1n) is 5.71. The Morgan fingerprint density at radius 1 is 0.778 bits per heavy atom. The molecule has 0 saturated heterocycles. The van der Waals surface area contributed by atoms with Crippen LogP contribution in [0.5, 0.6) is 0 Å². The van der Waals surface area contributed by atoms with Crippen molar-refractivity contribution in [3.05, 3.63) is 32.9 Å². The molecule has 2 N–H and O–H groups in total. The number of carboxylic acid groups (broad SMARTS) is 2. The van der Waals surface area contributed by atoms with Crippen molar-refractivity contribution in [3.8, 4) is 0 Å². The number of carboxylic acids is 2. The van der Waals surface area contributed by atoms with E-state index in [1.807, 2.05) is 39.1 Å². The number of hydrogen-bond donors (Lipinski definition) is 2. The van der Waals surface area contributed by atoms with Gasteiger partial charge in [0, 0.05) is 10.4 Å². The summed E-state index contributed by atoms with van der Waals surface area (Å²) in [5.41, 5.74) is 5.83. The van der Waals surface area contributed by atoms with Gasteiger partial charge in [-0.3, -0.25) is 0 Å². The minimum absolute atomic E-state index is 0.146. The fourth-order valence-electron chi connectivity index (χ4n) is 1.29. The molecule has 0 amide bonds.